The molecule has 5 aliphatic rings. The highest BCUT2D eigenvalue weighted by atomic mass is 16.2. The lowest BCUT2D eigenvalue weighted by atomic mass is 9.66. The molecule has 5 fully saturated rings. The monoisotopic (exact) mass is 416 g/mol. The molecule has 3 N–H and O–H groups in total. The number of fused-ring (bicyclic) bond motifs is 1. The van der Waals surface area contributed by atoms with Gasteiger partial charge in [-0.25, -0.2) is 5.01 Å². The molecule has 6 nitrogen and oxygen atoms in total. The van der Waals surface area contributed by atoms with Gasteiger partial charge in [0.05, 0.1) is 5.54 Å². The summed E-state index contributed by atoms with van der Waals surface area (Å²) >= 11 is 0. The molecule has 0 aromatic carbocycles. The van der Waals surface area contributed by atoms with Crippen LogP contribution < -0.4 is 11.2 Å². The van der Waals surface area contributed by atoms with Crippen LogP contribution in [-0.2, 0) is 9.59 Å². The molecular formula is C24H40N4O2. The third-order valence-corrected chi connectivity index (χ3v) is 9.34. The standard InChI is InChI=1S/C24H40N4O2/c1-27-21-14-19(6-7-20(21)15-26-27)16-2-4-17(5-3-16)22(29)18-8-12-28(13-9-18)23(30)24(25)10-11-24/h16-21,26H,2-15,25H2,1H3. The van der Waals surface area contributed by atoms with E-state index in [0.717, 1.165) is 82.0 Å². The molecule has 0 aromatic rings. The van der Waals surface area contributed by atoms with Crippen molar-refractivity contribution >= 4 is 11.7 Å². The zero-order chi connectivity index (χ0) is 20.9. The van der Waals surface area contributed by atoms with Gasteiger partial charge < -0.3 is 10.6 Å². The van der Waals surface area contributed by atoms with Crippen molar-refractivity contribution in [2.45, 2.75) is 82.2 Å². The number of Topliss-reactive ketones (excluding diaryl/α,β-unsaturated/α-hetero) is 1. The number of carbonyl (C=O) groups is 2. The van der Waals surface area contributed by atoms with E-state index in [9.17, 15) is 9.59 Å². The number of nitrogens with two attached hydrogens (primary N) is 1. The maximum Gasteiger partial charge on any atom is 0.242 e. The van der Waals surface area contributed by atoms with Gasteiger partial charge in [-0.05, 0) is 88.4 Å². The van der Waals surface area contributed by atoms with Crippen LogP contribution in [0.5, 0.6) is 0 Å². The maximum absolute atomic E-state index is 13.2. The molecule has 3 atom stereocenters. The minimum absolute atomic E-state index is 0.117. The van der Waals surface area contributed by atoms with Crippen molar-refractivity contribution in [1.29, 1.82) is 0 Å². The first kappa shape index (κ1) is 20.9. The number of ketones is 1. The van der Waals surface area contributed by atoms with E-state index in [1.807, 2.05) is 4.90 Å². The first-order valence-electron chi connectivity index (χ1n) is 12.5. The fraction of sp³-hybridized carbons (Fsp3) is 0.917. The molecule has 2 saturated heterocycles. The average Bonchev–Trinajstić information content (AvgIpc) is 3.44. The van der Waals surface area contributed by atoms with Gasteiger partial charge in [0.1, 0.15) is 5.78 Å². The van der Waals surface area contributed by atoms with Gasteiger partial charge in [-0.1, -0.05) is 0 Å². The molecule has 3 aliphatic carbocycles. The topological polar surface area (TPSA) is 78.7 Å². The van der Waals surface area contributed by atoms with Crippen LogP contribution in [0.1, 0.15) is 70.6 Å². The van der Waals surface area contributed by atoms with Crippen LogP contribution in [0.2, 0.25) is 0 Å². The molecule has 1 amide bonds. The minimum atomic E-state index is -0.572. The lowest BCUT2D eigenvalue weighted by Crippen LogP contribution is -2.49. The van der Waals surface area contributed by atoms with Crippen LogP contribution in [0, 0.1) is 29.6 Å². The Bertz CT molecular complexity index is 662. The summed E-state index contributed by atoms with van der Waals surface area (Å²) in [6.07, 6.45) is 12.1. The van der Waals surface area contributed by atoms with Crippen molar-refractivity contribution in [2.24, 2.45) is 35.3 Å². The lowest BCUT2D eigenvalue weighted by Gasteiger charge is -2.41. The Morgan fingerprint density at radius 2 is 1.47 bits per heavy atom. The lowest BCUT2D eigenvalue weighted by molar-refractivity contribution is -0.138. The van der Waals surface area contributed by atoms with E-state index < -0.39 is 5.54 Å². The van der Waals surface area contributed by atoms with Crippen molar-refractivity contribution in [3.05, 3.63) is 0 Å². The second-order valence-electron chi connectivity index (χ2n) is 11.1. The average molecular weight is 417 g/mol. The molecule has 0 radical (unpaired) electrons. The largest absolute Gasteiger partial charge is 0.341 e. The smallest absolute Gasteiger partial charge is 0.242 e. The van der Waals surface area contributed by atoms with Crippen LogP contribution in [0.3, 0.4) is 0 Å². The normalized spacial score (nSPS) is 39.5. The molecule has 6 heteroatoms. The molecule has 2 heterocycles. The van der Waals surface area contributed by atoms with E-state index in [-0.39, 0.29) is 17.7 Å². The number of piperidine rings is 1. The number of hydrogen-bond acceptors (Lipinski definition) is 5. The molecule has 5 rings (SSSR count). The zero-order valence-corrected chi connectivity index (χ0v) is 18.7. The number of hydrazine groups is 1. The Balaban J connectivity index is 1.08. The van der Waals surface area contributed by atoms with Crippen LogP contribution in [0.25, 0.3) is 0 Å². The minimum Gasteiger partial charge on any atom is -0.341 e. The van der Waals surface area contributed by atoms with Gasteiger partial charge >= 0.3 is 0 Å². The summed E-state index contributed by atoms with van der Waals surface area (Å²) < 4.78 is 0. The first-order valence-corrected chi connectivity index (χ1v) is 12.5. The van der Waals surface area contributed by atoms with Crippen molar-refractivity contribution in [1.82, 2.24) is 15.3 Å². The van der Waals surface area contributed by atoms with Gasteiger partial charge in [-0.15, -0.1) is 0 Å². The Kier molecular flexibility index (Phi) is 5.70. The summed E-state index contributed by atoms with van der Waals surface area (Å²) in [6, 6.07) is 0.722. The highest BCUT2D eigenvalue weighted by Crippen LogP contribution is 2.44. The Labute approximate surface area is 181 Å². The Morgan fingerprint density at radius 3 is 2.13 bits per heavy atom. The van der Waals surface area contributed by atoms with Crippen molar-refractivity contribution in [3.8, 4) is 0 Å². The van der Waals surface area contributed by atoms with E-state index in [1.54, 1.807) is 0 Å². The number of amides is 1. The van der Waals surface area contributed by atoms with Crippen LogP contribution >= 0.6 is 0 Å². The summed E-state index contributed by atoms with van der Waals surface area (Å²) in [6.45, 7) is 2.59. The van der Waals surface area contributed by atoms with Crippen molar-refractivity contribution in [2.75, 3.05) is 26.7 Å². The Morgan fingerprint density at radius 1 is 0.867 bits per heavy atom. The fourth-order valence-corrected chi connectivity index (χ4v) is 7.00. The highest BCUT2D eigenvalue weighted by Gasteiger charge is 2.49. The zero-order valence-electron chi connectivity index (χ0n) is 18.7. The number of carbonyl (C=O) groups excluding carboxylic acids is 2. The number of nitrogens with one attached hydrogen (secondary N) is 1. The van der Waals surface area contributed by atoms with E-state index >= 15 is 0 Å². The summed E-state index contributed by atoms with van der Waals surface area (Å²) in [5, 5.41) is 2.36. The highest BCUT2D eigenvalue weighted by molar-refractivity contribution is 5.89. The van der Waals surface area contributed by atoms with Crippen molar-refractivity contribution in [3.63, 3.8) is 0 Å². The molecule has 30 heavy (non-hydrogen) atoms. The predicted molar refractivity (Wildman–Crippen MR) is 116 cm³/mol. The summed E-state index contributed by atoms with van der Waals surface area (Å²) in [5.74, 6) is 3.57. The predicted octanol–water partition coefficient (Wildman–Crippen LogP) is 2.33. The number of hydrogen-bond donors (Lipinski definition) is 2. The van der Waals surface area contributed by atoms with Gasteiger partial charge in [0, 0.05) is 44.6 Å². The number of rotatable bonds is 4. The molecule has 0 aromatic heterocycles. The van der Waals surface area contributed by atoms with Crippen LogP contribution in [0.4, 0.5) is 0 Å². The Hall–Kier alpha value is -0.980. The second-order valence-corrected chi connectivity index (χ2v) is 11.1. The van der Waals surface area contributed by atoms with E-state index in [1.165, 1.54) is 32.1 Å². The number of nitrogens with zero attached hydrogens (tertiary/aromatic N) is 2. The summed E-state index contributed by atoms with van der Waals surface area (Å²) in [5.41, 5.74) is 9.03. The van der Waals surface area contributed by atoms with Gasteiger partial charge in [0.2, 0.25) is 5.91 Å². The fourth-order valence-electron chi connectivity index (χ4n) is 7.00. The molecular weight excluding hydrogens is 376 g/mol. The van der Waals surface area contributed by atoms with Gasteiger partial charge in [-0.3, -0.25) is 15.0 Å². The van der Waals surface area contributed by atoms with Crippen LogP contribution in [0.15, 0.2) is 0 Å². The third kappa shape index (κ3) is 3.95. The van der Waals surface area contributed by atoms with Gasteiger partial charge in [0.25, 0.3) is 0 Å². The molecule has 3 saturated carbocycles. The summed E-state index contributed by atoms with van der Waals surface area (Å²) in [4.78, 5) is 27.5. The van der Waals surface area contributed by atoms with Gasteiger partial charge in [-0.2, -0.15) is 0 Å². The van der Waals surface area contributed by atoms with Gasteiger partial charge in [0.15, 0.2) is 0 Å². The van der Waals surface area contributed by atoms with E-state index in [2.05, 4.69) is 17.5 Å². The number of likely N-dealkylation sites (tertiary alicyclic amines) is 1. The molecule has 0 spiro atoms. The second kappa shape index (κ2) is 8.18. The molecule has 3 unspecified atom stereocenters. The quantitative estimate of drug-likeness (QED) is 0.735. The molecule has 2 aliphatic heterocycles. The molecule has 0 bridgehead atoms. The third-order valence-electron chi connectivity index (χ3n) is 9.34. The van der Waals surface area contributed by atoms with Crippen molar-refractivity contribution < 1.29 is 9.59 Å². The SMILES string of the molecule is CN1NCC2CCC(C3CCC(C(=O)C4CCN(C(=O)C5(N)CC5)CC4)CC3)CC21. The van der Waals surface area contributed by atoms with Crippen LogP contribution in [-0.4, -0.2) is 59.9 Å². The van der Waals surface area contributed by atoms with E-state index in [0.29, 0.717) is 5.78 Å². The first-order chi connectivity index (χ1) is 14.4. The molecule has 168 valence electrons. The maximum atomic E-state index is 13.2. The summed E-state index contributed by atoms with van der Waals surface area (Å²) in [7, 11) is 2.21. The van der Waals surface area contributed by atoms with E-state index in [4.69, 9.17) is 5.73 Å².